The van der Waals surface area contributed by atoms with Crippen molar-refractivity contribution in [2.75, 3.05) is 6.54 Å². The van der Waals surface area contributed by atoms with Gasteiger partial charge in [0.15, 0.2) is 0 Å². The molecule has 0 saturated heterocycles. The number of amides is 1. The Morgan fingerprint density at radius 3 is 1.51 bits per heavy atom. The van der Waals surface area contributed by atoms with E-state index in [1.54, 1.807) is 0 Å². The third kappa shape index (κ3) is 37.7. The van der Waals surface area contributed by atoms with E-state index >= 15 is 0 Å². The van der Waals surface area contributed by atoms with Crippen LogP contribution in [0.15, 0.2) is 36.5 Å². The second kappa shape index (κ2) is 40.8. The van der Waals surface area contributed by atoms with Crippen molar-refractivity contribution in [2.45, 2.75) is 231 Å². The van der Waals surface area contributed by atoms with Gasteiger partial charge in [-0.05, 0) is 70.4 Å². The molecule has 0 aliphatic rings. The van der Waals surface area contributed by atoms with Gasteiger partial charge in [-0.1, -0.05) is 179 Å². The summed E-state index contributed by atoms with van der Waals surface area (Å²) in [6, 6.07) is -0.875. The van der Waals surface area contributed by atoms with Gasteiger partial charge in [0.25, 0.3) is 0 Å². The summed E-state index contributed by atoms with van der Waals surface area (Å²) in [7, 11) is 0. The Hall–Kier alpha value is -2.41. The molecule has 0 heterocycles. The summed E-state index contributed by atoms with van der Waals surface area (Å²) in [5.74, 6) is -1.36. The fourth-order valence-corrected chi connectivity index (χ4v) is 6.62. The number of carboxylic acid groups (broad SMARTS) is 1. The van der Waals surface area contributed by atoms with Crippen LogP contribution in [-0.4, -0.2) is 41.6 Å². The molecular weight excluding hydrogens is 661 g/mol. The van der Waals surface area contributed by atoms with Crippen molar-refractivity contribution < 1.29 is 24.2 Å². The van der Waals surface area contributed by atoms with Crippen LogP contribution < -0.4 is 11.1 Å². The lowest BCUT2D eigenvalue weighted by Gasteiger charge is -2.15. The fraction of sp³-hybridized carbons (Fsp3) is 0.804. The molecule has 0 aromatic rings. The predicted octanol–water partition coefficient (Wildman–Crippen LogP) is 12.6. The highest BCUT2D eigenvalue weighted by molar-refractivity contribution is 5.83. The lowest BCUT2D eigenvalue weighted by atomic mass is 10.0. The van der Waals surface area contributed by atoms with Crippen molar-refractivity contribution in [1.29, 1.82) is 0 Å². The number of ether oxygens (including phenoxy) is 1. The fourth-order valence-electron chi connectivity index (χ4n) is 6.62. The molecule has 0 rings (SSSR count). The number of carbonyl (C=O) groups excluding carboxylic acids is 2. The van der Waals surface area contributed by atoms with Gasteiger partial charge in [0, 0.05) is 12.8 Å². The molecule has 2 unspecified atom stereocenters. The number of nitrogens with two attached hydrogens (primary N) is 1. The van der Waals surface area contributed by atoms with Crippen LogP contribution in [0, 0.1) is 0 Å². The van der Waals surface area contributed by atoms with Gasteiger partial charge in [-0.25, -0.2) is 4.79 Å². The summed E-state index contributed by atoms with van der Waals surface area (Å²) >= 11 is 0. The number of rotatable bonds is 40. The zero-order valence-electron chi connectivity index (χ0n) is 34.6. The molecule has 0 fully saturated rings. The zero-order valence-corrected chi connectivity index (χ0v) is 34.6. The Morgan fingerprint density at radius 1 is 0.566 bits per heavy atom. The van der Waals surface area contributed by atoms with Gasteiger partial charge in [-0.3, -0.25) is 9.59 Å². The van der Waals surface area contributed by atoms with E-state index in [4.69, 9.17) is 10.5 Å². The van der Waals surface area contributed by atoms with E-state index in [9.17, 15) is 19.5 Å². The average molecular weight is 745 g/mol. The minimum atomic E-state index is -1.02. The highest BCUT2D eigenvalue weighted by atomic mass is 16.5. The zero-order chi connectivity index (χ0) is 38.9. The minimum Gasteiger partial charge on any atom is -0.480 e. The van der Waals surface area contributed by atoms with Gasteiger partial charge in [0.2, 0.25) is 5.91 Å². The molecule has 4 N–H and O–H groups in total. The molecule has 0 spiro atoms. The number of hydrogen-bond donors (Lipinski definition) is 3. The van der Waals surface area contributed by atoms with Crippen molar-refractivity contribution in [2.24, 2.45) is 5.73 Å². The Balaban J connectivity index is 4.16. The van der Waals surface area contributed by atoms with E-state index in [1.807, 2.05) is 6.08 Å². The number of carboxylic acids is 1. The molecule has 1 amide bonds. The van der Waals surface area contributed by atoms with Crippen LogP contribution in [0.25, 0.3) is 0 Å². The summed E-state index contributed by atoms with van der Waals surface area (Å²) in [6.07, 6.45) is 48.0. The standard InChI is InChI=1S/C46H84N2O5/c1-3-5-7-9-11-13-14-15-16-17-18-19-20-21-22-23-24-26-28-34-40-45(50)53-42(36-31-27-25-12-10-8-6-4-2)37-32-29-30-33-39-44(49)48-43(46(51)52)38-35-41-47/h6,8,12,25,31,36,42-43H,3-5,7,9-11,13-24,26-30,32-35,37-41,47H2,1-2H3,(H,48,49)(H,51,52)/b8-6-,25-12-,36-31-. The normalized spacial score (nSPS) is 13.0. The van der Waals surface area contributed by atoms with E-state index in [2.05, 4.69) is 49.5 Å². The number of unbranched alkanes of at least 4 members (excludes halogenated alkanes) is 22. The smallest absolute Gasteiger partial charge is 0.326 e. The van der Waals surface area contributed by atoms with Gasteiger partial charge in [-0.2, -0.15) is 0 Å². The molecule has 0 radical (unpaired) electrons. The first-order valence-corrected chi connectivity index (χ1v) is 22.3. The Bertz CT molecular complexity index is 931. The molecule has 53 heavy (non-hydrogen) atoms. The van der Waals surface area contributed by atoms with Crippen LogP contribution in [-0.2, 0) is 19.1 Å². The SMILES string of the molecule is CC/C=C\C/C=C\C/C=C\C(CCCCCCC(=O)NC(CCCN)C(=O)O)OC(=O)CCCCCCCCCCCCCCCCCCCCCC. The van der Waals surface area contributed by atoms with Crippen molar-refractivity contribution in [3.8, 4) is 0 Å². The van der Waals surface area contributed by atoms with Gasteiger partial charge in [-0.15, -0.1) is 0 Å². The van der Waals surface area contributed by atoms with Gasteiger partial charge >= 0.3 is 11.9 Å². The molecule has 0 aliphatic carbocycles. The van der Waals surface area contributed by atoms with E-state index < -0.39 is 12.0 Å². The number of esters is 1. The lowest BCUT2D eigenvalue weighted by molar-refractivity contribution is -0.147. The minimum absolute atomic E-state index is 0.110. The van der Waals surface area contributed by atoms with E-state index in [0.717, 1.165) is 57.8 Å². The summed E-state index contributed by atoms with van der Waals surface area (Å²) in [5.41, 5.74) is 5.48. The van der Waals surface area contributed by atoms with Crippen LogP contribution in [0.1, 0.15) is 219 Å². The summed E-state index contributed by atoms with van der Waals surface area (Å²) in [4.78, 5) is 36.3. The highest BCUT2D eigenvalue weighted by Crippen LogP contribution is 2.17. The molecular formula is C46H84N2O5. The molecule has 7 nitrogen and oxygen atoms in total. The van der Waals surface area contributed by atoms with Crippen molar-refractivity contribution in [3.63, 3.8) is 0 Å². The molecule has 308 valence electrons. The van der Waals surface area contributed by atoms with E-state index in [-0.39, 0.29) is 18.0 Å². The third-order valence-electron chi connectivity index (χ3n) is 9.95. The van der Waals surface area contributed by atoms with E-state index in [0.29, 0.717) is 38.6 Å². The molecule has 7 heteroatoms. The maximum Gasteiger partial charge on any atom is 0.326 e. The Labute approximate surface area is 326 Å². The monoisotopic (exact) mass is 745 g/mol. The van der Waals surface area contributed by atoms with Crippen molar-refractivity contribution in [1.82, 2.24) is 5.32 Å². The first-order chi connectivity index (χ1) is 25.9. The summed E-state index contributed by atoms with van der Waals surface area (Å²) < 4.78 is 5.90. The lowest BCUT2D eigenvalue weighted by Crippen LogP contribution is -2.40. The maximum absolute atomic E-state index is 12.7. The van der Waals surface area contributed by atoms with Crippen LogP contribution in [0.5, 0.6) is 0 Å². The number of allylic oxidation sites excluding steroid dienone is 5. The van der Waals surface area contributed by atoms with Crippen LogP contribution in [0.4, 0.5) is 0 Å². The van der Waals surface area contributed by atoms with Gasteiger partial charge < -0.3 is 20.9 Å². The molecule has 0 saturated carbocycles. The maximum atomic E-state index is 12.7. The van der Waals surface area contributed by atoms with Crippen molar-refractivity contribution in [3.05, 3.63) is 36.5 Å². The highest BCUT2D eigenvalue weighted by Gasteiger charge is 2.19. The number of hydrogen-bond acceptors (Lipinski definition) is 5. The molecule has 0 aromatic carbocycles. The second-order valence-corrected chi connectivity index (χ2v) is 15.1. The van der Waals surface area contributed by atoms with Crippen molar-refractivity contribution >= 4 is 17.8 Å². The van der Waals surface area contributed by atoms with E-state index in [1.165, 1.54) is 116 Å². The average Bonchev–Trinajstić information content (AvgIpc) is 3.14. The molecule has 2 atom stereocenters. The third-order valence-corrected chi connectivity index (χ3v) is 9.95. The Kier molecular flexibility index (Phi) is 38.9. The quantitative estimate of drug-likeness (QED) is 0.0326. The van der Waals surface area contributed by atoms with Gasteiger partial charge in [0.1, 0.15) is 12.1 Å². The van der Waals surface area contributed by atoms with Crippen LogP contribution >= 0.6 is 0 Å². The van der Waals surface area contributed by atoms with Crippen LogP contribution in [0.2, 0.25) is 0 Å². The molecule has 0 aromatic heterocycles. The number of carbonyl (C=O) groups is 3. The topological polar surface area (TPSA) is 119 Å². The van der Waals surface area contributed by atoms with Crippen LogP contribution in [0.3, 0.4) is 0 Å². The predicted molar refractivity (Wildman–Crippen MR) is 225 cm³/mol. The molecule has 0 bridgehead atoms. The van der Waals surface area contributed by atoms with Gasteiger partial charge in [0.05, 0.1) is 0 Å². The number of nitrogens with one attached hydrogen (secondary N) is 1. The second-order valence-electron chi connectivity index (χ2n) is 15.1. The largest absolute Gasteiger partial charge is 0.480 e. The first-order valence-electron chi connectivity index (χ1n) is 22.3. The summed E-state index contributed by atoms with van der Waals surface area (Å²) in [5, 5.41) is 11.9. The Morgan fingerprint density at radius 2 is 1.02 bits per heavy atom. The number of aliphatic carboxylic acids is 1. The summed E-state index contributed by atoms with van der Waals surface area (Å²) in [6.45, 7) is 4.82. The molecule has 0 aliphatic heterocycles. The first kappa shape index (κ1) is 50.6.